The molecule has 0 aliphatic carbocycles. The van der Waals surface area contributed by atoms with E-state index >= 15 is 0 Å². The maximum absolute atomic E-state index is 9.00. The number of halogens is 1. The van der Waals surface area contributed by atoms with E-state index in [1.165, 1.54) is 0 Å². The quantitative estimate of drug-likeness (QED) is 0.780. The summed E-state index contributed by atoms with van der Waals surface area (Å²) in [6.07, 6.45) is 1.50. The molecule has 19 heavy (non-hydrogen) atoms. The van der Waals surface area contributed by atoms with Gasteiger partial charge in [0.2, 0.25) is 0 Å². The molecule has 0 saturated carbocycles. The van der Waals surface area contributed by atoms with Gasteiger partial charge in [0.15, 0.2) is 6.61 Å². The smallest absolute Gasteiger partial charge is 0.174 e. The topological polar surface area (TPSA) is 56.8 Å². The third-order valence-electron chi connectivity index (χ3n) is 3.31. The lowest BCUT2D eigenvalue weighted by Crippen LogP contribution is -2.10. The highest BCUT2D eigenvalue weighted by Gasteiger charge is 2.20. The lowest BCUT2D eigenvalue weighted by Gasteiger charge is -2.22. The van der Waals surface area contributed by atoms with E-state index in [0.717, 1.165) is 16.5 Å². The van der Waals surface area contributed by atoms with E-state index in [2.05, 4.69) is 35.8 Å². The summed E-state index contributed by atoms with van der Waals surface area (Å²) < 4.78 is 6.31. The van der Waals surface area contributed by atoms with Crippen molar-refractivity contribution in [2.75, 3.05) is 6.61 Å². The summed E-state index contributed by atoms with van der Waals surface area (Å²) in [7, 11) is 0. The maximum atomic E-state index is 9.00. The number of ether oxygens (including phenoxy) is 1. The van der Waals surface area contributed by atoms with E-state index in [9.17, 15) is 0 Å². The molecule has 1 aromatic rings. The molecule has 0 aliphatic rings. The van der Waals surface area contributed by atoms with Crippen molar-refractivity contribution < 1.29 is 4.74 Å². The minimum atomic E-state index is 0.0350. The molecule has 0 amide bonds. The summed E-state index contributed by atoms with van der Waals surface area (Å²) in [5, 5.41) is 17.5. The van der Waals surface area contributed by atoms with Gasteiger partial charge in [-0.2, -0.15) is 10.5 Å². The first-order valence-electron chi connectivity index (χ1n) is 6.30. The number of nitrogens with zero attached hydrogens (tertiary/aromatic N) is 2. The van der Waals surface area contributed by atoms with E-state index in [1.54, 1.807) is 0 Å². The van der Waals surface area contributed by atoms with Gasteiger partial charge in [0.05, 0.1) is 6.07 Å². The molecule has 4 heteroatoms. The molecular formula is C15H17BrN2O. The summed E-state index contributed by atoms with van der Waals surface area (Å²) in [6, 6.07) is 9.87. The number of nitriles is 2. The largest absolute Gasteiger partial charge is 0.479 e. The van der Waals surface area contributed by atoms with Crippen molar-refractivity contribution in [3.8, 4) is 17.9 Å². The van der Waals surface area contributed by atoms with Crippen molar-refractivity contribution in [3.63, 3.8) is 0 Å². The Morgan fingerprint density at radius 3 is 2.63 bits per heavy atom. The highest BCUT2D eigenvalue weighted by molar-refractivity contribution is 9.10. The van der Waals surface area contributed by atoms with Gasteiger partial charge in [-0.05, 0) is 29.7 Å². The Morgan fingerprint density at radius 2 is 2.05 bits per heavy atom. The Morgan fingerprint density at radius 1 is 1.32 bits per heavy atom. The van der Waals surface area contributed by atoms with Crippen LogP contribution >= 0.6 is 15.9 Å². The Labute approximate surface area is 122 Å². The second kappa shape index (κ2) is 7.81. The van der Waals surface area contributed by atoms with Crippen LogP contribution < -0.4 is 4.74 Å². The normalized spacial score (nSPS) is 13.1. The predicted molar refractivity (Wildman–Crippen MR) is 77.7 cm³/mol. The van der Waals surface area contributed by atoms with Gasteiger partial charge >= 0.3 is 0 Å². The number of hydrogen-bond donors (Lipinski definition) is 0. The molecule has 0 spiro atoms. The summed E-state index contributed by atoms with van der Waals surface area (Å²) in [5.74, 6) is 1.27. The van der Waals surface area contributed by atoms with E-state index in [0.29, 0.717) is 18.1 Å². The molecule has 1 aromatic carbocycles. The minimum Gasteiger partial charge on any atom is -0.479 e. The first-order valence-corrected chi connectivity index (χ1v) is 7.09. The summed E-state index contributed by atoms with van der Waals surface area (Å²) in [6.45, 7) is 4.31. The van der Waals surface area contributed by atoms with Crippen LogP contribution in [0.1, 0.15) is 38.2 Å². The zero-order valence-corrected chi connectivity index (χ0v) is 12.8. The summed E-state index contributed by atoms with van der Waals surface area (Å²) in [4.78, 5) is 0. The highest BCUT2D eigenvalue weighted by Crippen LogP contribution is 2.36. The average Bonchev–Trinajstić information content (AvgIpc) is 2.43. The molecule has 0 radical (unpaired) electrons. The van der Waals surface area contributed by atoms with Crippen LogP contribution in [0.2, 0.25) is 0 Å². The lowest BCUT2D eigenvalue weighted by atomic mass is 9.83. The Hall–Kier alpha value is -1.52. The van der Waals surface area contributed by atoms with E-state index in [-0.39, 0.29) is 12.5 Å². The van der Waals surface area contributed by atoms with Crippen LogP contribution in [0.25, 0.3) is 0 Å². The average molecular weight is 321 g/mol. The van der Waals surface area contributed by atoms with Crippen LogP contribution in [0, 0.1) is 28.6 Å². The van der Waals surface area contributed by atoms with Gasteiger partial charge in [-0.15, -0.1) is 0 Å². The molecule has 0 N–H and O–H groups in total. The molecule has 0 aliphatic heterocycles. The molecule has 100 valence electrons. The Kier molecular flexibility index (Phi) is 6.39. The summed E-state index contributed by atoms with van der Waals surface area (Å²) >= 11 is 3.54. The third-order valence-corrected chi connectivity index (χ3v) is 4.03. The molecule has 0 bridgehead atoms. The Bertz CT molecular complexity index is 502. The van der Waals surface area contributed by atoms with E-state index in [1.807, 2.05) is 24.3 Å². The monoisotopic (exact) mass is 320 g/mol. The van der Waals surface area contributed by atoms with Crippen LogP contribution in [0.4, 0.5) is 0 Å². The van der Waals surface area contributed by atoms with Crippen LogP contribution in [0.3, 0.4) is 0 Å². The SMILES string of the molecule is CCC(C)C(CC#N)c1cc(OCC#N)ccc1Br. The van der Waals surface area contributed by atoms with Crippen molar-refractivity contribution in [3.05, 3.63) is 28.2 Å². The summed E-state index contributed by atoms with van der Waals surface area (Å²) in [5.41, 5.74) is 1.08. The van der Waals surface area contributed by atoms with E-state index < -0.39 is 0 Å². The standard InChI is InChI=1S/C15H17BrN2O/c1-3-11(2)13(6-7-17)14-10-12(19-9-8-18)4-5-15(14)16/h4-5,10-11,13H,3,6,9H2,1-2H3. The van der Waals surface area contributed by atoms with Gasteiger partial charge in [0.1, 0.15) is 11.8 Å². The zero-order valence-electron chi connectivity index (χ0n) is 11.2. The number of rotatable bonds is 6. The molecule has 2 atom stereocenters. The van der Waals surface area contributed by atoms with Crippen molar-refractivity contribution in [1.82, 2.24) is 0 Å². The maximum Gasteiger partial charge on any atom is 0.174 e. The molecule has 2 unspecified atom stereocenters. The van der Waals surface area contributed by atoms with Crippen molar-refractivity contribution in [2.45, 2.75) is 32.6 Å². The number of benzene rings is 1. The zero-order chi connectivity index (χ0) is 14.3. The lowest BCUT2D eigenvalue weighted by molar-refractivity contribution is 0.366. The first kappa shape index (κ1) is 15.5. The highest BCUT2D eigenvalue weighted by atomic mass is 79.9. The van der Waals surface area contributed by atoms with Crippen LogP contribution in [-0.2, 0) is 0 Å². The van der Waals surface area contributed by atoms with Crippen molar-refractivity contribution in [1.29, 1.82) is 10.5 Å². The number of hydrogen-bond acceptors (Lipinski definition) is 3. The molecular weight excluding hydrogens is 304 g/mol. The molecule has 0 heterocycles. The van der Waals surface area contributed by atoms with Gasteiger partial charge < -0.3 is 4.74 Å². The van der Waals surface area contributed by atoms with Gasteiger partial charge in [-0.3, -0.25) is 0 Å². The molecule has 3 nitrogen and oxygen atoms in total. The van der Waals surface area contributed by atoms with Crippen molar-refractivity contribution in [2.24, 2.45) is 5.92 Å². The fourth-order valence-corrected chi connectivity index (χ4v) is 2.55. The van der Waals surface area contributed by atoms with Crippen LogP contribution in [0.5, 0.6) is 5.75 Å². The molecule has 0 aromatic heterocycles. The van der Waals surface area contributed by atoms with Gasteiger partial charge in [0.25, 0.3) is 0 Å². The molecule has 0 fully saturated rings. The van der Waals surface area contributed by atoms with Crippen LogP contribution in [-0.4, -0.2) is 6.61 Å². The fraction of sp³-hybridized carbons (Fsp3) is 0.467. The second-order valence-corrected chi connectivity index (χ2v) is 5.34. The van der Waals surface area contributed by atoms with Crippen molar-refractivity contribution >= 4 is 15.9 Å². The van der Waals surface area contributed by atoms with E-state index in [4.69, 9.17) is 15.3 Å². The minimum absolute atomic E-state index is 0.0350. The third kappa shape index (κ3) is 4.26. The first-order chi connectivity index (χ1) is 9.13. The molecule has 1 rings (SSSR count). The van der Waals surface area contributed by atoms with Gasteiger partial charge in [-0.25, -0.2) is 0 Å². The van der Waals surface area contributed by atoms with Gasteiger partial charge in [-0.1, -0.05) is 36.2 Å². The Balaban J connectivity index is 3.07. The molecule has 0 saturated heterocycles. The second-order valence-electron chi connectivity index (χ2n) is 4.48. The van der Waals surface area contributed by atoms with Gasteiger partial charge in [0, 0.05) is 16.8 Å². The van der Waals surface area contributed by atoms with Crippen LogP contribution in [0.15, 0.2) is 22.7 Å². The predicted octanol–water partition coefficient (Wildman–Crippen LogP) is 4.39. The fourth-order valence-electron chi connectivity index (χ4n) is 2.01.